The van der Waals surface area contributed by atoms with Gasteiger partial charge in [0.25, 0.3) is 10.1 Å². The molecule has 7 nitrogen and oxygen atoms in total. The molecule has 0 N–H and O–H groups in total. The van der Waals surface area contributed by atoms with Crippen LogP contribution in [-0.4, -0.2) is 52.9 Å². The third kappa shape index (κ3) is 6.27. The van der Waals surface area contributed by atoms with Crippen LogP contribution in [0, 0.1) is 5.82 Å². The molecule has 0 fully saturated rings. The minimum absolute atomic E-state index is 0.0822. The maximum atomic E-state index is 14.5. The Labute approximate surface area is 160 Å². The van der Waals surface area contributed by atoms with E-state index in [0.717, 1.165) is 12.3 Å². The van der Waals surface area contributed by atoms with Crippen LogP contribution >= 0.6 is 0 Å². The van der Waals surface area contributed by atoms with E-state index < -0.39 is 24.0 Å². The fourth-order valence-electron chi connectivity index (χ4n) is 2.58. The molecule has 1 aromatic carbocycles. The molecule has 2 rings (SSSR count). The van der Waals surface area contributed by atoms with E-state index in [2.05, 4.69) is 24.7 Å². The summed E-state index contributed by atoms with van der Waals surface area (Å²) in [5, 5.41) is 4.92. The minimum atomic E-state index is -3.56. The second-order valence-corrected chi connectivity index (χ2v) is 14.8. The number of nitrogens with zero attached hydrogens (tertiary/aromatic N) is 2. The Hall–Kier alpha value is -1.49. The molecule has 27 heavy (non-hydrogen) atoms. The zero-order valence-electron chi connectivity index (χ0n) is 16.4. The first-order valence-electron chi connectivity index (χ1n) is 8.66. The van der Waals surface area contributed by atoms with Gasteiger partial charge in [-0.3, -0.25) is 4.18 Å². The van der Waals surface area contributed by atoms with Gasteiger partial charge in [-0.15, -0.1) is 0 Å². The minimum Gasteiger partial charge on any atom is -0.496 e. The molecule has 0 radical (unpaired) electrons. The first-order chi connectivity index (χ1) is 12.5. The van der Waals surface area contributed by atoms with Crippen molar-refractivity contribution in [2.45, 2.75) is 38.8 Å². The number of ether oxygens (including phenoxy) is 2. The van der Waals surface area contributed by atoms with Crippen molar-refractivity contribution in [2.75, 3.05) is 26.6 Å². The highest BCUT2D eigenvalue weighted by molar-refractivity contribution is 7.85. The monoisotopic (exact) mass is 418 g/mol. The van der Waals surface area contributed by atoms with Crippen molar-refractivity contribution < 1.29 is 26.5 Å². The summed E-state index contributed by atoms with van der Waals surface area (Å²) in [6.45, 7) is 7.37. The fourth-order valence-corrected chi connectivity index (χ4v) is 3.72. The number of aromatic nitrogens is 2. The molecule has 1 aromatic heterocycles. The fraction of sp³-hybridized carbons (Fsp3) is 0.588. The van der Waals surface area contributed by atoms with E-state index in [1.807, 2.05) is 0 Å². The van der Waals surface area contributed by atoms with E-state index in [1.54, 1.807) is 0 Å². The molecule has 0 bridgehead atoms. The lowest BCUT2D eigenvalue weighted by Crippen LogP contribution is -2.22. The van der Waals surface area contributed by atoms with Crippen molar-refractivity contribution >= 4 is 29.1 Å². The maximum Gasteiger partial charge on any atom is 0.264 e. The Kier molecular flexibility index (Phi) is 7.01. The average Bonchev–Trinajstić information content (AvgIpc) is 2.90. The van der Waals surface area contributed by atoms with Gasteiger partial charge >= 0.3 is 0 Å². The second kappa shape index (κ2) is 8.68. The molecule has 0 spiro atoms. The maximum absolute atomic E-state index is 14.5. The average molecular weight is 419 g/mol. The molecule has 152 valence electrons. The number of hydrogen-bond donors (Lipinski definition) is 0. The van der Waals surface area contributed by atoms with Crippen LogP contribution in [0.4, 0.5) is 4.39 Å². The van der Waals surface area contributed by atoms with Gasteiger partial charge in [0.1, 0.15) is 23.8 Å². The summed E-state index contributed by atoms with van der Waals surface area (Å²) in [5.41, 5.74) is 0.774. The zero-order chi connectivity index (χ0) is 20.2. The van der Waals surface area contributed by atoms with Crippen molar-refractivity contribution in [3.05, 3.63) is 23.6 Å². The summed E-state index contributed by atoms with van der Waals surface area (Å²) >= 11 is 0. The van der Waals surface area contributed by atoms with Crippen molar-refractivity contribution in [3.8, 4) is 5.75 Å². The van der Waals surface area contributed by atoms with Gasteiger partial charge in [0, 0.05) is 21.1 Å². The lowest BCUT2D eigenvalue weighted by molar-refractivity contribution is 0.0809. The van der Waals surface area contributed by atoms with E-state index in [1.165, 1.54) is 23.9 Å². The van der Waals surface area contributed by atoms with Crippen LogP contribution in [-0.2, 0) is 32.2 Å². The summed E-state index contributed by atoms with van der Waals surface area (Å²) in [4.78, 5) is 0. The number of methoxy groups -OCH3 is 1. The van der Waals surface area contributed by atoms with Gasteiger partial charge in [-0.25, -0.2) is 9.07 Å². The van der Waals surface area contributed by atoms with Crippen LogP contribution in [0.15, 0.2) is 12.1 Å². The predicted molar refractivity (Wildman–Crippen MR) is 105 cm³/mol. The molecule has 1 heterocycles. The van der Waals surface area contributed by atoms with Crippen LogP contribution in [0.1, 0.15) is 5.69 Å². The van der Waals surface area contributed by atoms with Crippen molar-refractivity contribution in [3.63, 3.8) is 0 Å². The first-order valence-corrected chi connectivity index (χ1v) is 14.2. The van der Waals surface area contributed by atoms with E-state index >= 15 is 0 Å². The number of rotatable bonds is 10. The van der Waals surface area contributed by atoms with E-state index in [9.17, 15) is 12.8 Å². The molecule has 0 saturated carbocycles. The zero-order valence-corrected chi connectivity index (χ0v) is 18.2. The van der Waals surface area contributed by atoms with Crippen LogP contribution in [0.5, 0.6) is 5.75 Å². The van der Waals surface area contributed by atoms with Gasteiger partial charge in [-0.1, -0.05) is 19.6 Å². The quantitative estimate of drug-likeness (QED) is 0.335. The Morgan fingerprint density at radius 2 is 1.93 bits per heavy atom. The summed E-state index contributed by atoms with van der Waals surface area (Å²) in [6.07, 6.45) is 1.18. The van der Waals surface area contributed by atoms with Crippen molar-refractivity contribution in [1.29, 1.82) is 0 Å². The molecule has 0 atom stereocenters. The third-order valence-corrected chi connectivity index (χ3v) is 6.24. The van der Waals surface area contributed by atoms with E-state index in [4.69, 9.17) is 13.7 Å². The summed E-state index contributed by atoms with van der Waals surface area (Å²) < 4.78 is 54.1. The number of halogens is 1. The van der Waals surface area contributed by atoms with Gasteiger partial charge in [0.05, 0.1) is 31.1 Å². The van der Waals surface area contributed by atoms with Gasteiger partial charge in [0.15, 0.2) is 0 Å². The van der Waals surface area contributed by atoms with Gasteiger partial charge < -0.3 is 9.47 Å². The molecule has 2 aromatic rings. The molecule has 0 aliphatic heterocycles. The smallest absolute Gasteiger partial charge is 0.264 e. The summed E-state index contributed by atoms with van der Waals surface area (Å²) in [5.74, 6) is 0.0245. The van der Waals surface area contributed by atoms with E-state index in [-0.39, 0.29) is 25.3 Å². The highest BCUT2D eigenvalue weighted by Crippen LogP contribution is 2.31. The predicted octanol–water partition coefficient (Wildman–Crippen LogP) is 3.02. The molecular formula is C17H27FN2O5SSi. The number of hydrogen-bond acceptors (Lipinski definition) is 6. The Balaban J connectivity index is 2.28. The third-order valence-electron chi connectivity index (χ3n) is 3.94. The molecule has 0 unspecified atom stereocenters. The lowest BCUT2D eigenvalue weighted by atomic mass is 10.1. The topological polar surface area (TPSA) is 79.7 Å². The molecule has 0 amide bonds. The molecule has 0 aliphatic carbocycles. The molecule has 0 saturated heterocycles. The van der Waals surface area contributed by atoms with Crippen molar-refractivity contribution in [1.82, 2.24) is 9.78 Å². The lowest BCUT2D eigenvalue weighted by Gasteiger charge is -2.15. The van der Waals surface area contributed by atoms with Crippen molar-refractivity contribution in [2.24, 2.45) is 0 Å². The highest BCUT2D eigenvalue weighted by Gasteiger charge is 2.20. The Morgan fingerprint density at radius 1 is 1.22 bits per heavy atom. The Bertz CT molecular complexity index is 893. The highest BCUT2D eigenvalue weighted by atomic mass is 32.2. The largest absolute Gasteiger partial charge is 0.496 e. The van der Waals surface area contributed by atoms with Crippen LogP contribution in [0.25, 0.3) is 10.9 Å². The summed E-state index contributed by atoms with van der Waals surface area (Å²) in [6, 6.07) is 3.84. The second-order valence-electron chi connectivity index (χ2n) is 7.54. The number of benzene rings is 1. The molecule has 0 aliphatic rings. The normalized spacial score (nSPS) is 12.7. The summed E-state index contributed by atoms with van der Waals surface area (Å²) in [7, 11) is -3.29. The number of fused-ring (bicyclic) bond motifs is 1. The van der Waals surface area contributed by atoms with Gasteiger partial charge in [0.2, 0.25) is 0 Å². The molecule has 10 heteroatoms. The van der Waals surface area contributed by atoms with Crippen LogP contribution < -0.4 is 4.74 Å². The SMILES string of the molecule is COc1ccc(F)c2c1c(CCOS(C)(=O)=O)nn2COCC[Si](C)(C)C. The van der Waals surface area contributed by atoms with E-state index in [0.29, 0.717) is 23.4 Å². The van der Waals surface area contributed by atoms with Gasteiger partial charge in [-0.05, 0) is 18.2 Å². The van der Waals surface area contributed by atoms with Crippen LogP contribution in [0.3, 0.4) is 0 Å². The van der Waals surface area contributed by atoms with Crippen LogP contribution in [0.2, 0.25) is 25.7 Å². The Morgan fingerprint density at radius 3 is 2.52 bits per heavy atom. The van der Waals surface area contributed by atoms with Gasteiger partial charge in [-0.2, -0.15) is 13.5 Å². The molecular weight excluding hydrogens is 391 g/mol. The first kappa shape index (κ1) is 21.8. The standard InChI is InChI=1S/C17H27FN2O5SSi/c1-23-15-7-6-13(18)17-16(15)14(8-9-25-26(2,21)22)19-20(17)12-24-10-11-27(3,4)5/h6-7H,8-12H2,1-5H3.